The molecule has 70 heavy (non-hydrogen) atoms. The van der Waals surface area contributed by atoms with Crippen molar-refractivity contribution in [3.63, 3.8) is 0 Å². The third-order valence-corrected chi connectivity index (χ3v) is 14.9. The van der Waals surface area contributed by atoms with Crippen LogP contribution in [0.1, 0.15) is 88.3 Å². The normalized spacial score (nSPS) is 21.3. The lowest BCUT2D eigenvalue weighted by Gasteiger charge is -2.51. The molecule has 0 bridgehead atoms. The SMILES string of the molecule is O=C1CCC(N2Cc3c(NCCOCCOCCOCCOCCNC(=O)c4ccc(N5C[C@H](c6cccc(Cl)c6F)[C@]6(C(=O)Nc7cc(Cl)ccc76)C56CCCCC6)cc4)cccc3C2=O)C(=O)N1. The summed E-state index contributed by atoms with van der Waals surface area (Å²) in [4.78, 5) is 68.8. The van der Waals surface area contributed by atoms with Gasteiger partial charge in [0.05, 0.1) is 63.4 Å². The van der Waals surface area contributed by atoms with E-state index in [1.807, 2.05) is 24.3 Å². The van der Waals surface area contributed by atoms with Crippen molar-refractivity contribution >= 4 is 69.8 Å². The van der Waals surface area contributed by atoms with Crippen molar-refractivity contribution in [3.05, 3.63) is 123 Å². The molecule has 3 atom stereocenters. The van der Waals surface area contributed by atoms with Crippen molar-refractivity contribution < 1.29 is 47.3 Å². The van der Waals surface area contributed by atoms with E-state index in [-0.39, 0.29) is 35.1 Å². The Bertz CT molecular complexity index is 2620. The first-order valence-electron chi connectivity index (χ1n) is 24.1. The van der Waals surface area contributed by atoms with Crippen LogP contribution in [0.5, 0.6) is 0 Å². The van der Waals surface area contributed by atoms with Gasteiger partial charge in [-0.3, -0.25) is 29.3 Å². The summed E-state index contributed by atoms with van der Waals surface area (Å²) in [6.07, 6.45) is 4.81. The van der Waals surface area contributed by atoms with Crippen LogP contribution >= 0.6 is 23.2 Å². The average Bonchev–Trinajstić information content (AvgIpc) is 3.95. The summed E-state index contributed by atoms with van der Waals surface area (Å²) in [6, 6.07) is 22.7. The second-order valence-corrected chi connectivity index (χ2v) is 19.1. The zero-order valence-electron chi connectivity index (χ0n) is 38.8. The predicted molar refractivity (Wildman–Crippen MR) is 262 cm³/mol. The maximum Gasteiger partial charge on any atom is 0.255 e. The third-order valence-electron chi connectivity index (χ3n) is 14.4. The fourth-order valence-electron chi connectivity index (χ4n) is 11.3. The number of benzene rings is 4. The van der Waals surface area contributed by atoms with E-state index in [1.54, 1.807) is 48.5 Å². The highest BCUT2D eigenvalue weighted by Crippen LogP contribution is 2.65. The van der Waals surface area contributed by atoms with Crippen LogP contribution in [0.2, 0.25) is 10.0 Å². The molecule has 15 nitrogen and oxygen atoms in total. The van der Waals surface area contributed by atoms with Crippen molar-refractivity contribution in [2.24, 2.45) is 0 Å². The molecule has 4 N–H and O–H groups in total. The van der Waals surface area contributed by atoms with E-state index in [2.05, 4.69) is 26.2 Å². The van der Waals surface area contributed by atoms with Gasteiger partial charge >= 0.3 is 0 Å². The summed E-state index contributed by atoms with van der Waals surface area (Å²) in [6.45, 7) is 4.49. The average molecular weight is 1000 g/mol. The van der Waals surface area contributed by atoms with Crippen LogP contribution in [0, 0.1) is 5.82 Å². The summed E-state index contributed by atoms with van der Waals surface area (Å²) < 4.78 is 38.7. The second-order valence-electron chi connectivity index (χ2n) is 18.3. The molecule has 4 heterocycles. The lowest BCUT2D eigenvalue weighted by atomic mass is 9.56. The Balaban J connectivity index is 0.674. The Morgan fingerprint density at radius 2 is 1.47 bits per heavy atom. The second kappa shape index (κ2) is 21.8. The monoisotopic (exact) mass is 998 g/mol. The maximum atomic E-state index is 16.1. The number of halogens is 3. The number of nitrogens with one attached hydrogen (secondary N) is 4. The molecule has 5 aliphatic rings. The van der Waals surface area contributed by atoms with Gasteiger partial charge in [0.25, 0.3) is 11.8 Å². The molecular formula is C52H57Cl2FN6O9. The quantitative estimate of drug-likeness (QED) is 0.0530. The molecule has 370 valence electrons. The fourth-order valence-corrected chi connectivity index (χ4v) is 11.7. The van der Waals surface area contributed by atoms with E-state index in [0.29, 0.717) is 113 Å². The summed E-state index contributed by atoms with van der Waals surface area (Å²) in [5.74, 6) is -2.47. The first-order valence-corrected chi connectivity index (χ1v) is 24.8. The number of anilines is 3. The highest BCUT2D eigenvalue weighted by Gasteiger charge is 2.71. The van der Waals surface area contributed by atoms with Crippen molar-refractivity contribution in [2.45, 2.75) is 74.4 Å². The standard InChI is InChI=1S/C52H57Cl2FN6O9/c53-34-12-15-39-43(30-34)58-50(66)52(39)40(37-7-4-8-41(54)46(37)55)32-61(51(52)18-2-1-3-19-51)35-13-10-33(11-14-35)47(63)57-21-23-68-25-27-70-29-28-69-26-24-67-22-20-56-42-9-5-6-36-38(42)31-60(49(36)65)44-16-17-45(62)59-48(44)64/h4-15,30,40,44,56H,1-3,16-29,31-32H2,(H,57,63)(H,58,66)(H,59,62,64)/t40-,44?,52-/m1/s1. The molecule has 2 saturated heterocycles. The van der Waals surface area contributed by atoms with Crippen LogP contribution in [0.15, 0.2) is 78.9 Å². The number of nitrogens with zero attached hydrogens (tertiary/aromatic N) is 2. The molecule has 4 aromatic carbocycles. The Kier molecular flexibility index (Phi) is 15.4. The molecule has 3 fully saturated rings. The van der Waals surface area contributed by atoms with Crippen LogP contribution in [-0.4, -0.2) is 119 Å². The van der Waals surface area contributed by atoms with Crippen LogP contribution < -0.4 is 26.2 Å². The highest BCUT2D eigenvalue weighted by atomic mass is 35.5. The summed E-state index contributed by atoms with van der Waals surface area (Å²) in [5.41, 5.74) is 3.55. The van der Waals surface area contributed by atoms with E-state index >= 15 is 4.39 Å². The number of hydrogen-bond donors (Lipinski definition) is 4. The molecular weight excluding hydrogens is 943 g/mol. The number of fused-ring (bicyclic) bond motifs is 4. The van der Waals surface area contributed by atoms with Gasteiger partial charge < -0.3 is 44.7 Å². The first-order chi connectivity index (χ1) is 34.0. The molecule has 4 aromatic rings. The third kappa shape index (κ3) is 9.61. The minimum Gasteiger partial charge on any atom is -0.382 e. The Morgan fingerprint density at radius 3 is 2.19 bits per heavy atom. The number of ether oxygens (including phenoxy) is 4. The highest BCUT2D eigenvalue weighted by molar-refractivity contribution is 6.31. The molecule has 18 heteroatoms. The van der Waals surface area contributed by atoms with E-state index < -0.39 is 34.6 Å². The zero-order valence-corrected chi connectivity index (χ0v) is 40.3. The number of hydrogen-bond acceptors (Lipinski definition) is 11. The summed E-state index contributed by atoms with van der Waals surface area (Å²) in [7, 11) is 0. The van der Waals surface area contributed by atoms with Crippen LogP contribution in [-0.2, 0) is 45.3 Å². The van der Waals surface area contributed by atoms with E-state index in [0.717, 1.165) is 54.6 Å². The Hall–Kier alpha value is -5.62. The summed E-state index contributed by atoms with van der Waals surface area (Å²) >= 11 is 12.8. The van der Waals surface area contributed by atoms with Gasteiger partial charge in [0.15, 0.2) is 0 Å². The minimum atomic E-state index is -1.13. The molecule has 4 aliphatic heterocycles. The van der Waals surface area contributed by atoms with Crippen LogP contribution in [0.3, 0.4) is 0 Å². The molecule has 2 spiro atoms. The van der Waals surface area contributed by atoms with Gasteiger partial charge in [0.1, 0.15) is 17.3 Å². The van der Waals surface area contributed by atoms with Crippen molar-refractivity contribution in [3.8, 4) is 0 Å². The minimum absolute atomic E-state index is 0.00973. The van der Waals surface area contributed by atoms with Gasteiger partial charge in [0.2, 0.25) is 17.7 Å². The molecule has 1 aliphatic carbocycles. The Labute approximate surface area is 416 Å². The molecule has 9 rings (SSSR count). The van der Waals surface area contributed by atoms with Crippen molar-refractivity contribution in [1.82, 2.24) is 15.5 Å². The van der Waals surface area contributed by atoms with Gasteiger partial charge in [-0.05, 0) is 85.0 Å². The largest absolute Gasteiger partial charge is 0.382 e. The lowest BCUT2D eigenvalue weighted by Crippen LogP contribution is -2.61. The van der Waals surface area contributed by atoms with Crippen molar-refractivity contribution in [1.29, 1.82) is 0 Å². The Morgan fingerprint density at radius 1 is 0.786 bits per heavy atom. The van der Waals surface area contributed by atoms with Crippen LogP contribution in [0.25, 0.3) is 0 Å². The maximum absolute atomic E-state index is 16.1. The number of rotatable bonds is 20. The molecule has 5 amide bonds. The van der Waals surface area contributed by atoms with Crippen molar-refractivity contribution in [2.75, 3.05) is 88.0 Å². The van der Waals surface area contributed by atoms with Crippen LogP contribution in [0.4, 0.5) is 21.5 Å². The van der Waals surface area contributed by atoms with Gasteiger partial charge in [-0.15, -0.1) is 0 Å². The molecule has 1 unspecified atom stereocenters. The number of imide groups is 1. The number of amides is 5. The van der Waals surface area contributed by atoms with Gasteiger partial charge in [-0.2, -0.15) is 0 Å². The van der Waals surface area contributed by atoms with E-state index in [1.165, 1.54) is 11.0 Å². The van der Waals surface area contributed by atoms with Gasteiger partial charge in [0, 0.05) is 77.3 Å². The van der Waals surface area contributed by atoms with Gasteiger partial charge in [-0.25, -0.2) is 4.39 Å². The zero-order chi connectivity index (χ0) is 48.8. The van der Waals surface area contributed by atoms with E-state index in [4.69, 9.17) is 42.1 Å². The topological polar surface area (TPSA) is 177 Å². The lowest BCUT2D eigenvalue weighted by molar-refractivity contribution is -0.137. The smallest absolute Gasteiger partial charge is 0.255 e. The molecule has 0 radical (unpaired) electrons. The number of carbonyl (C=O) groups excluding carboxylic acids is 5. The first kappa shape index (κ1) is 49.4. The molecule has 1 saturated carbocycles. The van der Waals surface area contributed by atoms with Gasteiger partial charge in [-0.1, -0.05) is 66.7 Å². The number of piperidine rings is 1. The fraction of sp³-hybridized carbons (Fsp3) is 0.442. The predicted octanol–water partition coefficient (Wildman–Crippen LogP) is 7.00. The summed E-state index contributed by atoms with van der Waals surface area (Å²) in [5, 5.41) is 12.2. The molecule has 0 aromatic heterocycles. The number of carbonyl (C=O) groups is 5. The van der Waals surface area contributed by atoms with E-state index in [9.17, 15) is 24.0 Å².